The monoisotopic (exact) mass is 247 g/mol. The molecule has 17 heavy (non-hydrogen) atoms. The highest BCUT2D eigenvalue weighted by Gasteiger charge is 2.38. The summed E-state index contributed by atoms with van der Waals surface area (Å²) in [5.74, 6) is -0.916. The van der Waals surface area contributed by atoms with Crippen LogP contribution in [-0.4, -0.2) is 72.2 Å². The Hall–Kier alpha value is -0.690. The number of ether oxygens (including phenoxy) is 2. The van der Waals surface area contributed by atoms with Gasteiger partial charge in [-0.1, -0.05) is 0 Å². The number of rotatable bonds is 5. The molecular weight excluding hydrogens is 226 g/mol. The second-order valence-electron chi connectivity index (χ2n) is 4.92. The normalized spacial score (nSPS) is 26.7. The minimum Gasteiger partial charge on any atom is -0.480 e. The fraction of sp³-hybridized carbons (Fsp3) is 0.909. The summed E-state index contributed by atoms with van der Waals surface area (Å²) in [4.78, 5) is 13.0. The van der Waals surface area contributed by atoms with E-state index in [2.05, 4.69) is 0 Å². The highest BCUT2D eigenvalue weighted by Crippen LogP contribution is 2.22. The Morgan fingerprint density at radius 2 is 2.29 bits per heavy atom. The molecule has 0 aromatic heterocycles. The van der Waals surface area contributed by atoms with Crippen molar-refractivity contribution in [1.82, 2.24) is 4.90 Å². The summed E-state index contributed by atoms with van der Waals surface area (Å²) in [5, 5.41) is 18.3. The summed E-state index contributed by atoms with van der Waals surface area (Å²) in [6, 6.07) is -0.697. The molecule has 0 aliphatic carbocycles. The first-order valence-corrected chi connectivity index (χ1v) is 5.64. The molecule has 0 bridgehead atoms. The molecule has 0 aromatic carbocycles. The molecule has 6 heteroatoms. The van der Waals surface area contributed by atoms with E-state index in [9.17, 15) is 4.79 Å². The van der Waals surface area contributed by atoms with Crippen LogP contribution in [0.4, 0.5) is 0 Å². The number of carboxylic acid groups (broad SMARTS) is 1. The highest BCUT2D eigenvalue weighted by atomic mass is 16.5. The third kappa shape index (κ3) is 3.92. The van der Waals surface area contributed by atoms with E-state index in [-0.39, 0.29) is 19.3 Å². The quantitative estimate of drug-likeness (QED) is 0.685. The first-order valence-electron chi connectivity index (χ1n) is 5.64. The standard InChI is InChI=1S/C11H21NO5/c1-11(2)7-12(4-8(5-13)17-11)9(6-16-3)10(14)15/h8-9,13H,4-7H2,1-3H3,(H,14,15). The van der Waals surface area contributed by atoms with Gasteiger partial charge in [-0.05, 0) is 13.8 Å². The molecule has 2 atom stereocenters. The van der Waals surface area contributed by atoms with Gasteiger partial charge in [0, 0.05) is 20.2 Å². The molecule has 1 aliphatic rings. The summed E-state index contributed by atoms with van der Waals surface area (Å²) in [6.45, 7) is 4.69. The van der Waals surface area contributed by atoms with Crippen LogP contribution in [0.25, 0.3) is 0 Å². The number of morpholine rings is 1. The molecule has 0 amide bonds. The molecule has 0 aromatic rings. The van der Waals surface area contributed by atoms with Gasteiger partial charge in [0.1, 0.15) is 6.04 Å². The van der Waals surface area contributed by atoms with E-state index < -0.39 is 17.6 Å². The zero-order valence-electron chi connectivity index (χ0n) is 10.5. The Bertz CT molecular complexity index is 269. The van der Waals surface area contributed by atoms with Gasteiger partial charge < -0.3 is 19.7 Å². The number of aliphatic hydroxyl groups is 1. The minimum absolute atomic E-state index is 0.112. The topological polar surface area (TPSA) is 79.2 Å². The van der Waals surface area contributed by atoms with Crippen LogP contribution in [-0.2, 0) is 14.3 Å². The number of methoxy groups -OCH3 is 1. The Kier molecular flexibility index (Phi) is 4.88. The molecule has 2 unspecified atom stereocenters. The van der Waals surface area contributed by atoms with Crippen molar-refractivity contribution in [1.29, 1.82) is 0 Å². The third-order valence-electron chi connectivity index (χ3n) is 2.76. The zero-order chi connectivity index (χ0) is 13.1. The van der Waals surface area contributed by atoms with Crippen molar-refractivity contribution < 1.29 is 24.5 Å². The van der Waals surface area contributed by atoms with Crippen molar-refractivity contribution >= 4 is 5.97 Å². The van der Waals surface area contributed by atoms with E-state index in [0.717, 1.165) is 0 Å². The molecule has 1 aliphatic heterocycles. The maximum atomic E-state index is 11.2. The minimum atomic E-state index is -0.916. The molecule has 0 radical (unpaired) electrons. The Labute approximate surface area is 101 Å². The number of nitrogens with zero attached hydrogens (tertiary/aromatic N) is 1. The van der Waals surface area contributed by atoms with E-state index in [1.807, 2.05) is 13.8 Å². The molecule has 0 saturated carbocycles. The van der Waals surface area contributed by atoms with Crippen LogP contribution in [0.15, 0.2) is 0 Å². The number of hydrogen-bond donors (Lipinski definition) is 2. The van der Waals surface area contributed by atoms with Crippen LogP contribution >= 0.6 is 0 Å². The molecule has 1 rings (SSSR count). The number of carboxylic acids is 1. The van der Waals surface area contributed by atoms with Crippen molar-refractivity contribution in [3.05, 3.63) is 0 Å². The Morgan fingerprint density at radius 3 is 2.76 bits per heavy atom. The van der Waals surface area contributed by atoms with E-state index in [0.29, 0.717) is 13.1 Å². The largest absolute Gasteiger partial charge is 0.480 e. The number of carbonyl (C=O) groups is 1. The number of aliphatic hydroxyl groups excluding tert-OH is 1. The second kappa shape index (κ2) is 5.77. The van der Waals surface area contributed by atoms with Gasteiger partial charge in [0.15, 0.2) is 0 Å². The average molecular weight is 247 g/mol. The first kappa shape index (κ1) is 14.4. The summed E-state index contributed by atoms with van der Waals surface area (Å²) in [6.07, 6.45) is -0.350. The van der Waals surface area contributed by atoms with Gasteiger partial charge in [0.2, 0.25) is 0 Å². The fourth-order valence-corrected chi connectivity index (χ4v) is 2.16. The van der Waals surface area contributed by atoms with Crippen molar-refractivity contribution in [3.8, 4) is 0 Å². The van der Waals surface area contributed by atoms with Crippen molar-refractivity contribution in [2.75, 3.05) is 33.4 Å². The maximum absolute atomic E-state index is 11.2. The number of hydrogen-bond acceptors (Lipinski definition) is 5. The molecule has 1 fully saturated rings. The van der Waals surface area contributed by atoms with E-state index in [1.165, 1.54) is 7.11 Å². The summed E-state index contributed by atoms with van der Waals surface area (Å²) >= 11 is 0. The van der Waals surface area contributed by atoms with Crippen LogP contribution in [0.2, 0.25) is 0 Å². The Morgan fingerprint density at radius 1 is 1.65 bits per heavy atom. The average Bonchev–Trinajstić information content (AvgIpc) is 2.22. The molecule has 6 nitrogen and oxygen atoms in total. The molecule has 0 spiro atoms. The molecule has 1 heterocycles. The molecule has 100 valence electrons. The second-order valence-corrected chi connectivity index (χ2v) is 4.92. The Balaban J connectivity index is 2.76. The van der Waals surface area contributed by atoms with Gasteiger partial charge in [0.05, 0.1) is 24.9 Å². The fourth-order valence-electron chi connectivity index (χ4n) is 2.16. The predicted molar refractivity (Wildman–Crippen MR) is 60.9 cm³/mol. The van der Waals surface area contributed by atoms with E-state index in [1.54, 1.807) is 4.90 Å². The lowest BCUT2D eigenvalue weighted by Crippen LogP contribution is -2.59. The lowest BCUT2D eigenvalue weighted by atomic mass is 10.0. The molecular formula is C11H21NO5. The van der Waals surface area contributed by atoms with Gasteiger partial charge in [-0.15, -0.1) is 0 Å². The van der Waals surface area contributed by atoms with Crippen LogP contribution in [0.1, 0.15) is 13.8 Å². The smallest absolute Gasteiger partial charge is 0.323 e. The molecule has 1 saturated heterocycles. The predicted octanol–water partition coefficient (Wildman–Crippen LogP) is -0.442. The summed E-state index contributed by atoms with van der Waals surface area (Å²) < 4.78 is 10.6. The summed E-state index contributed by atoms with van der Waals surface area (Å²) in [7, 11) is 1.48. The van der Waals surface area contributed by atoms with Crippen LogP contribution in [0.3, 0.4) is 0 Å². The van der Waals surface area contributed by atoms with Gasteiger partial charge in [-0.25, -0.2) is 0 Å². The lowest BCUT2D eigenvalue weighted by molar-refractivity contribution is -0.172. The maximum Gasteiger partial charge on any atom is 0.323 e. The van der Waals surface area contributed by atoms with Crippen LogP contribution in [0.5, 0.6) is 0 Å². The molecule has 2 N–H and O–H groups in total. The third-order valence-corrected chi connectivity index (χ3v) is 2.76. The van der Waals surface area contributed by atoms with Gasteiger partial charge in [-0.2, -0.15) is 0 Å². The number of aliphatic carboxylic acids is 1. The van der Waals surface area contributed by atoms with Gasteiger partial charge in [0.25, 0.3) is 0 Å². The van der Waals surface area contributed by atoms with E-state index in [4.69, 9.17) is 19.7 Å². The highest BCUT2D eigenvalue weighted by molar-refractivity contribution is 5.73. The van der Waals surface area contributed by atoms with Gasteiger partial charge >= 0.3 is 5.97 Å². The van der Waals surface area contributed by atoms with Gasteiger partial charge in [-0.3, -0.25) is 9.69 Å². The first-order chi connectivity index (χ1) is 7.89. The van der Waals surface area contributed by atoms with Crippen molar-refractivity contribution in [2.45, 2.75) is 31.6 Å². The zero-order valence-corrected chi connectivity index (χ0v) is 10.5. The SMILES string of the molecule is COCC(C(=O)O)N1CC(CO)OC(C)(C)C1. The van der Waals surface area contributed by atoms with Crippen molar-refractivity contribution in [3.63, 3.8) is 0 Å². The van der Waals surface area contributed by atoms with E-state index >= 15 is 0 Å². The van der Waals surface area contributed by atoms with Crippen LogP contribution in [0, 0.1) is 0 Å². The van der Waals surface area contributed by atoms with Crippen LogP contribution < -0.4 is 0 Å². The lowest BCUT2D eigenvalue weighted by Gasteiger charge is -2.44. The summed E-state index contributed by atoms with van der Waals surface area (Å²) in [5.41, 5.74) is -0.465. The van der Waals surface area contributed by atoms with Crippen molar-refractivity contribution in [2.24, 2.45) is 0 Å².